The van der Waals surface area contributed by atoms with Gasteiger partial charge in [-0.15, -0.1) is 0 Å². The van der Waals surface area contributed by atoms with Gasteiger partial charge in [-0.3, -0.25) is 4.90 Å². The molecule has 23 heavy (non-hydrogen) atoms. The first kappa shape index (κ1) is 15.7. The van der Waals surface area contributed by atoms with Crippen molar-refractivity contribution in [2.75, 3.05) is 32.6 Å². The van der Waals surface area contributed by atoms with Gasteiger partial charge in [0.15, 0.2) is 0 Å². The minimum absolute atomic E-state index is 0.555. The fourth-order valence-electron chi connectivity index (χ4n) is 3.03. The second-order valence-electron chi connectivity index (χ2n) is 6.34. The van der Waals surface area contributed by atoms with Gasteiger partial charge in [-0.05, 0) is 68.4 Å². The first-order chi connectivity index (χ1) is 11.1. The van der Waals surface area contributed by atoms with Crippen molar-refractivity contribution in [3.63, 3.8) is 0 Å². The van der Waals surface area contributed by atoms with E-state index >= 15 is 0 Å². The van der Waals surface area contributed by atoms with Gasteiger partial charge in [0.1, 0.15) is 0 Å². The zero-order chi connectivity index (χ0) is 16.2. The fourth-order valence-corrected chi connectivity index (χ4v) is 3.03. The third-order valence-corrected chi connectivity index (χ3v) is 4.45. The maximum absolute atomic E-state index is 4.34. The summed E-state index contributed by atoms with van der Waals surface area (Å²) in [7, 11) is 6.25. The van der Waals surface area contributed by atoms with Gasteiger partial charge in [0, 0.05) is 25.8 Å². The summed E-state index contributed by atoms with van der Waals surface area (Å²) < 4.78 is 0. The lowest BCUT2D eigenvalue weighted by atomic mass is 10.0. The summed E-state index contributed by atoms with van der Waals surface area (Å²) in [6.45, 7) is 1.19. The minimum atomic E-state index is 0.555. The molecule has 0 N–H and O–H groups in total. The topological polar surface area (TPSA) is 31.2 Å². The Hall–Kier alpha value is -2.20. The molecule has 1 atom stereocenters. The average molecular weight is 308 g/mol. The molecule has 1 unspecified atom stereocenters. The molecular formula is C19H24N4. The lowest BCUT2D eigenvalue weighted by molar-refractivity contribution is 0.317. The lowest BCUT2D eigenvalue weighted by Crippen LogP contribution is -2.17. The Labute approximate surface area is 138 Å². The van der Waals surface area contributed by atoms with Crippen LogP contribution in [0, 0.1) is 0 Å². The monoisotopic (exact) mass is 308 g/mol. The van der Waals surface area contributed by atoms with Gasteiger partial charge in [0.2, 0.25) is 0 Å². The van der Waals surface area contributed by atoms with Crippen molar-refractivity contribution in [1.29, 1.82) is 0 Å². The highest BCUT2D eigenvalue weighted by atomic mass is 15.1. The van der Waals surface area contributed by atoms with Crippen molar-refractivity contribution in [3.8, 4) is 0 Å². The van der Waals surface area contributed by atoms with E-state index in [2.05, 4.69) is 51.3 Å². The first-order valence-electron chi connectivity index (χ1n) is 8.13. The molecule has 1 aliphatic heterocycles. The van der Waals surface area contributed by atoms with E-state index < -0.39 is 0 Å². The van der Waals surface area contributed by atoms with E-state index in [0.29, 0.717) is 6.04 Å². The number of anilines is 1. The summed E-state index contributed by atoms with van der Waals surface area (Å²) in [6, 6.07) is 17.1. The molecule has 4 nitrogen and oxygen atoms in total. The zero-order valence-corrected chi connectivity index (χ0v) is 14.1. The van der Waals surface area contributed by atoms with Crippen molar-refractivity contribution in [2.24, 2.45) is 10.2 Å². The summed E-state index contributed by atoms with van der Waals surface area (Å²) in [6.07, 6.45) is 2.53. The largest absolute Gasteiger partial charge is 0.378 e. The van der Waals surface area contributed by atoms with Gasteiger partial charge in [0.25, 0.3) is 0 Å². The van der Waals surface area contributed by atoms with E-state index in [-0.39, 0.29) is 0 Å². The Morgan fingerprint density at radius 3 is 1.96 bits per heavy atom. The normalized spacial score (nSPS) is 18.7. The zero-order valence-electron chi connectivity index (χ0n) is 14.1. The molecule has 1 heterocycles. The molecule has 0 aromatic heterocycles. The fraction of sp³-hybridized carbons (Fsp3) is 0.368. The van der Waals surface area contributed by atoms with Gasteiger partial charge in [-0.2, -0.15) is 10.2 Å². The third-order valence-electron chi connectivity index (χ3n) is 4.45. The average Bonchev–Trinajstić information content (AvgIpc) is 3.00. The second-order valence-corrected chi connectivity index (χ2v) is 6.34. The van der Waals surface area contributed by atoms with Crippen LogP contribution < -0.4 is 4.90 Å². The Bertz CT molecular complexity index is 659. The van der Waals surface area contributed by atoms with E-state index in [4.69, 9.17) is 0 Å². The van der Waals surface area contributed by atoms with Gasteiger partial charge < -0.3 is 4.90 Å². The number of hydrogen-bond acceptors (Lipinski definition) is 4. The van der Waals surface area contributed by atoms with Crippen LogP contribution in [-0.4, -0.2) is 32.6 Å². The summed E-state index contributed by atoms with van der Waals surface area (Å²) in [5, 5.41) is 8.65. The molecule has 0 spiro atoms. The number of rotatable bonds is 4. The maximum Gasteiger partial charge on any atom is 0.0858 e. The molecule has 2 aromatic carbocycles. The Morgan fingerprint density at radius 2 is 1.48 bits per heavy atom. The third kappa shape index (κ3) is 3.77. The van der Waals surface area contributed by atoms with Crippen molar-refractivity contribution >= 4 is 17.1 Å². The minimum Gasteiger partial charge on any atom is -0.378 e. The van der Waals surface area contributed by atoms with E-state index in [1.54, 1.807) is 0 Å². The van der Waals surface area contributed by atoms with E-state index in [1.165, 1.54) is 24.9 Å². The second kappa shape index (κ2) is 6.92. The predicted octanol–water partition coefficient (Wildman–Crippen LogP) is 4.93. The molecule has 0 aliphatic carbocycles. The SMILES string of the molecule is CN(C)c1ccc(N=Nc2ccc(C3CCCN3C)cc2)cc1. The van der Waals surface area contributed by atoms with Crippen molar-refractivity contribution < 1.29 is 0 Å². The molecule has 120 valence electrons. The van der Waals surface area contributed by atoms with Crippen LogP contribution in [0.1, 0.15) is 24.4 Å². The van der Waals surface area contributed by atoms with Crippen LogP contribution in [0.15, 0.2) is 58.8 Å². The molecule has 4 heteroatoms. The summed E-state index contributed by atoms with van der Waals surface area (Å²) >= 11 is 0. The number of nitrogens with zero attached hydrogens (tertiary/aromatic N) is 4. The van der Waals surface area contributed by atoms with Crippen LogP contribution in [0.25, 0.3) is 0 Å². The van der Waals surface area contributed by atoms with Crippen LogP contribution in [0.3, 0.4) is 0 Å². The van der Waals surface area contributed by atoms with Crippen molar-refractivity contribution in [1.82, 2.24) is 4.90 Å². The van der Waals surface area contributed by atoms with E-state index in [0.717, 1.165) is 17.1 Å². The van der Waals surface area contributed by atoms with Gasteiger partial charge in [-0.1, -0.05) is 12.1 Å². The van der Waals surface area contributed by atoms with E-state index in [1.807, 2.05) is 38.4 Å². The van der Waals surface area contributed by atoms with Crippen LogP contribution in [0.2, 0.25) is 0 Å². The smallest absolute Gasteiger partial charge is 0.0858 e. The highest BCUT2D eigenvalue weighted by Gasteiger charge is 2.21. The van der Waals surface area contributed by atoms with Crippen LogP contribution in [0.4, 0.5) is 17.1 Å². The first-order valence-corrected chi connectivity index (χ1v) is 8.13. The van der Waals surface area contributed by atoms with Crippen molar-refractivity contribution in [3.05, 3.63) is 54.1 Å². The number of azo groups is 1. The Morgan fingerprint density at radius 1 is 0.913 bits per heavy atom. The lowest BCUT2D eigenvalue weighted by Gasteiger charge is -2.19. The number of benzene rings is 2. The van der Waals surface area contributed by atoms with Crippen LogP contribution >= 0.6 is 0 Å². The molecule has 1 saturated heterocycles. The molecule has 0 bridgehead atoms. The molecule has 2 aromatic rings. The summed E-state index contributed by atoms with van der Waals surface area (Å²) in [5.41, 5.74) is 4.30. The Balaban J connectivity index is 1.67. The molecule has 0 saturated carbocycles. The highest BCUT2D eigenvalue weighted by Crippen LogP contribution is 2.31. The number of hydrogen-bond donors (Lipinski definition) is 0. The number of likely N-dealkylation sites (tertiary alicyclic amines) is 1. The quantitative estimate of drug-likeness (QED) is 0.749. The summed E-state index contributed by atoms with van der Waals surface area (Å²) in [5.74, 6) is 0. The van der Waals surface area contributed by atoms with Gasteiger partial charge >= 0.3 is 0 Å². The molecule has 1 fully saturated rings. The van der Waals surface area contributed by atoms with Crippen LogP contribution in [-0.2, 0) is 0 Å². The summed E-state index contributed by atoms with van der Waals surface area (Å²) in [4.78, 5) is 4.49. The van der Waals surface area contributed by atoms with Crippen LogP contribution in [0.5, 0.6) is 0 Å². The molecule has 3 rings (SSSR count). The molecule has 0 amide bonds. The standard InChI is InChI=1S/C19H24N4/c1-22(2)18-12-10-17(11-13-18)21-20-16-8-6-15(7-9-16)19-5-4-14-23(19)3/h6-13,19H,4-5,14H2,1-3H3. The molecule has 1 aliphatic rings. The van der Waals surface area contributed by atoms with E-state index in [9.17, 15) is 0 Å². The maximum atomic E-state index is 4.34. The van der Waals surface area contributed by atoms with Gasteiger partial charge in [0.05, 0.1) is 11.4 Å². The molecule has 0 radical (unpaired) electrons. The van der Waals surface area contributed by atoms with Gasteiger partial charge in [-0.25, -0.2) is 0 Å². The Kier molecular flexibility index (Phi) is 4.72. The predicted molar refractivity (Wildman–Crippen MR) is 96.0 cm³/mol. The van der Waals surface area contributed by atoms with Crippen molar-refractivity contribution in [2.45, 2.75) is 18.9 Å². The molecular weight excluding hydrogens is 284 g/mol. The highest BCUT2D eigenvalue weighted by molar-refractivity contribution is 5.52.